The fourth-order valence-electron chi connectivity index (χ4n) is 2.99. The number of ether oxygens (including phenoxy) is 2. The van der Waals surface area contributed by atoms with Gasteiger partial charge in [0.15, 0.2) is 14.7 Å². The number of carbonyl (C=O) groups is 1. The third-order valence-corrected chi connectivity index (χ3v) is 7.17. The van der Waals surface area contributed by atoms with E-state index in [0.29, 0.717) is 10.5 Å². The molecule has 0 fully saturated rings. The molecule has 0 bridgehead atoms. The maximum absolute atomic E-state index is 12.9. The Morgan fingerprint density at radius 1 is 0.771 bits per heavy atom. The smallest absolute Gasteiger partial charge is 0.429 e. The fraction of sp³-hybridized carbons (Fsp3) is 0.208. The summed E-state index contributed by atoms with van der Waals surface area (Å²) in [5.74, 6) is -0.784. The second-order valence-electron chi connectivity index (χ2n) is 7.25. The first-order valence-electron chi connectivity index (χ1n) is 9.94. The van der Waals surface area contributed by atoms with Gasteiger partial charge in [-0.25, -0.2) is 4.79 Å². The predicted octanol–water partition coefficient (Wildman–Crippen LogP) is 5.80. The summed E-state index contributed by atoms with van der Waals surface area (Å²) in [5, 5.41) is 9.26. The van der Waals surface area contributed by atoms with Crippen molar-refractivity contribution in [3.8, 4) is 5.75 Å². The molecule has 3 aromatic rings. The highest BCUT2D eigenvalue weighted by Gasteiger charge is 2.71. The minimum absolute atomic E-state index is 0.279. The first-order valence-corrected chi connectivity index (χ1v) is 11.2. The number of aliphatic hydroxyl groups is 1. The van der Waals surface area contributed by atoms with E-state index in [-0.39, 0.29) is 5.75 Å². The molecule has 0 saturated heterocycles. The molecule has 0 aliphatic heterocycles. The summed E-state index contributed by atoms with van der Waals surface area (Å²) in [7, 11) is 0.550. The Labute approximate surface area is 199 Å². The zero-order valence-electron chi connectivity index (χ0n) is 18.1. The van der Waals surface area contributed by atoms with Crippen molar-refractivity contribution in [3.63, 3.8) is 0 Å². The highest BCUT2D eigenvalue weighted by molar-refractivity contribution is 7.97. The number of halogens is 6. The Kier molecular flexibility index (Phi) is 7.71. The van der Waals surface area contributed by atoms with Gasteiger partial charge in [-0.05, 0) is 60.7 Å². The van der Waals surface area contributed by atoms with Crippen LogP contribution in [0.15, 0.2) is 93.5 Å². The number of hydrogen-bond acceptors (Lipinski definition) is 4. The average Bonchev–Trinajstić information content (AvgIpc) is 2.82. The maximum Gasteiger partial charge on any atom is 0.429 e. The number of benzene rings is 3. The van der Waals surface area contributed by atoms with Gasteiger partial charge >= 0.3 is 18.3 Å². The molecule has 186 valence electrons. The Hall–Kier alpha value is -3.18. The number of hydrogen-bond donors (Lipinski definition) is 1. The molecule has 3 aromatic carbocycles. The number of carbonyl (C=O) groups excluding carboxylic acids is 1. The summed E-state index contributed by atoms with van der Waals surface area (Å²) in [6, 6.07) is 21.4. The first kappa shape index (κ1) is 26.4. The van der Waals surface area contributed by atoms with Crippen molar-refractivity contribution in [1.29, 1.82) is 0 Å². The molecule has 1 atom stereocenters. The van der Waals surface area contributed by atoms with Crippen LogP contribution in [0.25, 0.3) is 0 Å². The number of rotatable bonds is 7. The molecular formula is C24H19F6O4S+. The van der Waals surface area contributed by atoms with Crippen LogP contribution >= 0.6 is 0 Å². The lowest BCUT2D eigenvalue weighted by Crippen LogP contribution is -2.60. The Morgan fingerprint density at radius 2 is 1.23 bits per heavy atom. The number of methoxy groups -OCH3 is 1. The van der Waals surface area contributed by atoms with Crippen molar-refractivity contribution in [2.24, 2.45) is 0 Å². The summed E-state index contributed by atoms with van der Waals surface area (Å²) >= 11 is 0. The minimum Gasteiger partial charge on any atom is -0.490 e. The normalized spacial score (nSPS) is 13.3. The zero-order chi connectivity index (χ0) is 25.9. The molecule has 0 spiro atoms. The minimum atomic E-state index is -5.97. The van der Waals surface area contributed by atoms with Crippen LogP contribution in [-0.2, 0) is 15.6 Å². The van der Waals surface area contributed by atoms with Gasteiger partial charge in [0.2, 0.25) is 0 Å². The Balaban J connectivity index is 1.89. The van der Waals surface area contributed by atoms with Gasteiger partial charge in [-0.1, -0.05) is 18.2 Å². The summed E-state index contributed by atoms with van der Waals surface area (Å²) in [5.41, 5.74) is -4.66. The van der Waals surface area contributed by atoms with Gasteiger partial charge in [0.25, 0.3) is 5.60 Å². The summed E-state index contributed by atoms with van der Waals surface area (Å²) in [6.45, 7) is -2.04. The van der Waals surface area contributed by atoms with Gasteiger partial charge in [-0.15, -0.1) is 0 Å². The van der Waals surface area contributed by atoms with Crippen molar-refractivity contribution in [2.75, 3.05) is 13.7 Å². The maximum atomic E-state index is 12.9. The molecule has 3 rings (SSSR count). The van der Waals surface area contributed by atoms with Gasteiger partial charge in [-0.3, -0.25) is 0 Å². The average molecular weight is 517 g/mol. The van der Waals surface area contributed by atoms with Crippen LogP contribution in [-0.4, -0.2) is 42.7 Å². The van der Waals surface area contributed by atoms with Crippen molar-refractivity contribution in [3.05, 3.63) is 84.4 Å². The lowest BCUT2D eigenvalue weighted by atomic mass is 10.0. The van der Waals surface area contributed by atoms with E-state index in [0.717, 1.165) is 9.79 Å². The highest BCUT2D eigenvalue weighted by Crippen LogP contribution is 2.43. The lowest BCUT2D eigenvalue weighted by Gasteiger charge is -2.31. The van der Waals surface area contributed by atoms with E-state index in [9.17, 15) is 36.2 Å². The van der Waals surface area contributed by atoms with E-state index >= 15 is 0 Å². The van der Waals surface area contributed by atoms with Gasteiger partial charge in [-0.2, -0.15) is 26.3 Å². The predicted molar refractivity (Wildman–Crippen MR) is 115 cm³/mol. The van der Waals surface area contributed by atoms with E-state index in [1.165, 1.54) is 31.4 Å². The largest absolute Gasteiger partial charge is 0.490 e. The molecule has 0 aliphatic rings. The Bertz CT molecular complexity index is 1120. The molecule has 0 saturated carbocycles. The SMILES string of the molecule is COC(=O)c1ccc([S+](c2ccccc2)c2ccc(OCC(O)(C(F)(F)F)C(F)(F)F)cc2)cc1. The summed E-state index contributed by atoms with van der Waals surface area (Å²) in [6.07, 6.45) is -11.9. The van der Waals surface area contributed by atoms with Crippen LogP contribution in [0.5, 0.6) is 5.75 Å². The van der Waals surface area contributed by atoms with Crippen molar-refractivity contribution >= 4 is 16.9 Å². The zero-order valence-corrected chi connectivity index (χ0v) is 18.9. The Morgan fingerprint density at radius 3 is 1.69 bits per heavy atom. The molecule has 35 heavy (non-hydrogen) atoms. The van der Waals surface area contributed by atoms with E-state index in [1.807, 2.05) is 30.3 Å². The number of alkyl halides is 6. The van der Waals surface area contributed by atoms with Gasteiger partial charge < -0.3 is 14.6 Å². The molecule has 4 nitrogen and oxygen atoms in total. The summed E-state index contributed by atoms with van der Waals surface area (Å²) in [4.78, 5) is 14.1. The van der Waals surface area contributed by atoms with Gasteiger partial charge in [0.1, 0.15) is 12.4 Å². The van der Waals surface area contributed by atoms with Crippen LogP contribution in [0.3, 0.4) is 0 Å². The third-order valence-electron chi connectivity index (χ3n) is 4.94. The molecule has 1 unspecified atom stereocenters. The van der Waals surface area contributed by atoms with Crippen molar-refractivity contribution in [1.82, 2.24) is 0 Å². The second-order valence-corrected chi connectivity index (χ2v) is 9.28. The van der Waals surface area contributed by atoms with Crippen molar-refractivity contribution in [2.45, 2.75) is 32.6 Å². The van der Waals surface area contributed by atoms with Crippen molar-refractivity contribution < 1.29 is 45.7 Å². The van der Waals surface area contributed by atoms with Crippen LogP contribution < -0.4 is 4.74 Å². The summed E-state index contributed by atoms with van der Waals surface area (Å²) < 4.78 is 86.6. The lowest BCUT2D eigenvalue weighted by molar-refractivity contribution is -0.373. The monoisotopic (exact) mass is 517 g/mol. The third kappa shape index (κ3) is 5.73. The molecule has 0 radical (unpaired) electrons. The van der Waals surface area contributed by atoms with Crippen LogP contribution in [0.4, 0.5) is 26.3 Å². The standard InChI is InChI=1S/C24H19F6O4S/c1-33-21(31)16-7-11-19(12-8-16)35(18-5-3-2-4-6-18)20-13-9-17(10-14-20)34-15-22(32,23(25,26)27)24(28,29)30/h2-14,32H,15H2,1H3/q+1. The van der Waals surface area contributed by atoms with E-state index in [2.05, 4.69) is 4.74 Å². The molecular weight excluding hydrogens is 498 g/mol. The van der Waals surface area contributed by atoms with E-state index < -0.39 is 41.4 Å². The van der Waals surface area contributed by atoms with E-state index in [4.69, 9.17) is 4.74 Å². The molecule has 0 amide bonds. The number of esters is 1. The first-order chi connectivity index (χ1) is 16.4. The fourth-order valence-corrected chi connectivity index (χ4v) is 5.06. The van der Waals surface area contributed by atoms with E-state index in [1.54, 1.807) is 24.3 Å². The molecule has 0 aliphatic carbocycles. The van der Waals surface area contributed by atoms with Crippen LogP contribution in [0.2, 0.25) is 0 Å². The topological polar surface area (TPSA) is 55.8 Å². The molecule has 0 heterocycles. The molecule has 1 N–H and O–H groups in total. The second kappa shape index (κ2) is 10.2. The van der Waals surface area contributed by atoms with Gasteiger partial charge in [0.05, 0.1) is 23.6 Å². The molecule has 11 heteroatoms. The van der Waals surface area contributed by atoms with Crippen LogP contribution in [0, 0.1) is 0 Å². The highest BCUT2D eigenvalue weighted by atomic mass is 32.2. The van der Waals surface area contributed by atoms with Gasteiger partial charge in [0, 0.05) is 0 Å². The quantitative estimate of drug-likeness (QED) is 0.245. The van der Waals surface area contributed by atoms with Crippen LogP contribution in [0.1, 0.15) is 10.4 Å². The molecule has 0 aromatic heterocycles.